The lowest BCUT2D eigenvalue weighted by molar-refractivity contribution is -0.676. The van der Waals surface area contributed by atoms with Crippen molar-refractivity contribution in [1.82, 2.24) is 19.1 Å². The van der Waals surface area contributed by atoms with Gasteiger partial charge in [-0.05, 0) is 105 Å². The Bertz CT molecular complexity index is 3980. The van der Waals surface area contributed by atoms with Crippen LogP contribution in [0.4, 0.5) is 0 Å². The standard InChI is InChI=1S/C60H49N5O/c1-60(2,3)46-32-34-62-59(38-46)65-54-31-28-45(42-17-7-4-8-18-42)37-53(54)52-30-29-47(39-57(52)65)66-48-33-35-61-58(40-48)64-41-63(55-26-13-14-27-56(55)64)36-16-25-51-49(43-19-9-5-10-20-43)23-15-24-50(51)44-21-11-6-12-22-44/h4-15,17-24,26-35,37-40H,16,25,36H2,1-3H3/i5D,6D,9D,10D,11D,12D,19D,20D,21D,22D. The molecule has 4 aromatic heterocycles. The highest BCUT2D eigenvalue weighted by molar-refractivity contribution is 6.10. The van der Waals surface area contributed by atoms with Crippen LogP contribution in [0, 0.1) is 6.33 Å². The van der Waals surface area contributed by atoms with Gasteiger partial charge in [0.05, 0.1) is 42.3 Å². The van der Waals surface area contributed by atoms with Crippen molar-refractivity contribution in [3.63, 3.8) is 0 Å². The van der Waals surface area contributed by atoms with Crippen LogP contribution in [0.5, 0.6) is 11.5 Å². The highest BCUT2D eigenvalue weighted by Gasteiger charge is 2.20. The molecule has 7 aromatic carbocycles. The van der Waals surface area contributed by atoms with Crippen molar-refractivity contribution in [3.8, 4) is 56.5 Å². The number of hydrogen-bond acceptors (Lipinski definition) is 3. The van der Waals surface area contributed by atoms with Crippen molar-refractivity contribution in [2.45, 2.75) is 45.6 Å². The Morgan fingerprint density at radius 3 is 2.03 bits per heavy atom. The number of aromatic nitrogens is 5. The van der Waals surface area contributed by atoms with E-state index < -0.39 is 60.4 Å². The number of benzene rings is 7. The molecule has 0 fully saturated rings. The van der Waals surface area contributed by atoms with Crippen molar-refractivity contribution in [2.24, 2.45) is 0 Å². The monoisotopic (exact) mass is 865 g/mol. The average Bonchev–Trinajstić information content (AvgIpc) is 3.99. The highest BCUT2D eigenvalue weighted by Crippen LogP contribution is 2.38. The number of para-hydroxylation sites is 2. The van der Waals surface area contributed by atoms with E-state index in [2.05, 4.69) is 80.2 Å². The van der Waals surface area contributed by atoms with E-state index >= 15 is 0 Å². The van der Waals surface area contributed by atoms with Crippen LogP contribution in [-0.2, 0) is 18.4 Å². The van der Waals surface area contributed by atoms with Gasteiger partial charge >= 0.3 is 0 Å². The molecule has 320 valence electrons. The predicted molar refractivity (Wildman–Crippen MR) is 269 cm³/mol. The molecule has 0 unspecified atom stereocenters. The zero-order valence-electron chi connectivity index (χ0n) is 46.6. The summed E-state index contributed by atoms with van der Waals surface area (Å²) in [5, 5.41) is 2.15. The number of imidazole rings is 1. The van der Waals surface area contributed by atoms with Gasteiger partial charge in [0.15, 0.2) is 0 Å². The molecule has 0 bridgehead atoms. The van der Waals surface area contributed by atoms with Crippen LogP contribution < -0.4 is 9.30 Å². The van der Waals surface area contributed by atoms with E-state index in [9.17, 15) is 0 Å². The summed E-state index contributed by atoms with van der Waals surface area (Å²) in [5.74, 6) is 2.52. The van der Waals surface area contributed by atoms with E-state index in [1.807, 2.05) is 82.1 Å². The smallest absolute Gasteiger partial charge is 0.245 e. The maximum Gasteiger partial charge on any atom is 0.245 e. The summed E-state index contributed by atoms with van der Waals surface area (Å²) in [6.07, 6.45) is 7.70. The maximum atomic E-state index is 8.88. The molecule has 11 aromatic rings. The van der Waals surface area contributed by atoms with E-state index in [4.69, 9.17) is 28.4 Å². The summed E-state index contributed by atoms with van der Waals surface area (Å²) in [6.45, 7) is 6.97. The first-order valence-electron chi connectivity index (χ1n) is 26.9. The third-order valence-electron chi connectivity index (χ3n) is 12.0. The summed E-state index contributed by atoms with van der Waals surface area (Å²) < 4.78 is 98.6. The number of nitrogens with zero attached hydrogens (tertiary/aromatic N) is 5. The minimum atomic E-state index is -0.535. The molecule has 0 saturated carbocycles. The lowest BCUT2D eigenvalue weighted by Crippen LogP contribution is -2.33. The number of hydrogen-bond donors (Lipinski definition) is 0. The Hall–Kier alpha value is -8.09. The zero-order chi connectivity index (χ0) is 53.3. The lowest BCUT2D eigenvalue weighted by Gasteiger charge is -2.20. The first-order valence-corrected chi connectivity index (χ1v) is 21.9. The molecule has 0 aliphatic carbocycles. The topological polar surface area (TPSA) is 48.8 Å². The third-order valence-corrected chi connectivity index (χ3v) is 12.0. The highest BCUT2D eigenvalue weighted by atomic mass is 16.5. The van der Waals surface area contributed by atoms with Gasteiger partial charge in [0, 0.05) is 35.3 Å². The average molecular weight is 866 g/mol. The van der Waals surface area contributed by atoms with Gasteiger partial charge in [0.2, 0.25) is 6.33 Å². The molecule has 0 saturated heterocycles. The van der Waals surface area contributed by atoms with Gasteiger partial charge in [0.25, 0.3) is 0 Å². The third kappa shape index (κ3) is 7.81. The SMILES string of the molecule is [2H]c1c([2H])c([2H])c(-c2cccc(-c3c([2H])c([2H])c([2H])c([2H])c3[2H])c2CCC[n+]2[c-]n(-c3cc(Oc4ccc5c6cc(-c7ccccc7)ccc6n(-c6cc(C(C)(C)C)ccn6)c5c4)ccn3)c3ccccc32)c([2H])c1[2H]. The van der Waals surface area contributed by atoms with Crippen molar-refractivity contribution in [2.75, 3.05) is 0 Å². The molecule has 0 N–H and O–H groups in total. The van der Waals surface area contributed by atoms with Crippen molar-refractivity contribution >= 4 is 32.8 Å². The normalized spacial score (nSPS) is 13.9. The summed E-state index contributed by atoms with van der Waals surface area (Å²) >= 11 is 0. The Morgan fingerprint density at radius 2 is 1.27 bits per heavy atom. The number of rotatable bonds is 11. The van der Waals surface area contributed by atoms with Crippen LogP contribution in [0.15, 0.2) is 206 Å². The van der Waals surface area contributed by atoms with Crippen LogP contribution in [0.2, 0.25) is 0 Å². The van der Waals surface area contributed by atoms with Gasteiger partial charge in [0.1, 0.15) is 23.1 Å². The molecule has 0 aliphatic heterocycles. The van der Waals surface area contributed by atoms with Crippen LogP contribution in [0.3, 0.4) is 0 Å². The second-order valence-electron chi connectivity index (χ2n) is 17.2. The van der Waals surface area contributed by atoms with E-state index in [0.717, 1.165) is 49.8 Å². The van der Waals surface area contributed by atoms with E-state index in [1.165, 1.54) is 5.56 Å². The zero-order valence-corrected chi connectivity index (χ0v) is 36.6. The fourth-order valence-corrected chi connectivity index (χ4v) is 8.81. The van der Waals surface area contributed by atoms with E-state index in [-0.39, 0.29) is 23.0 Å². The molecular formula is C60H49N5O. The number of aryl methyl sites for hydroxylation is 1. The predicted octanol–water partition coefficient (Wildman–Crippen LogP) is 14.3. The van der Waals surface area contributed by atoms with Crippen LogP contribution in [-0.4, -0.2) is 19.1 Å². The number of fused-ring (bicyclic) bond motifs is 4. The van der Waals surface area contributed by atoms with Crippen LogP contribution in [0.1, 0.15) is 52.0 Å². The quantitative estimate of drug-likeness (QED) is 0.0961. The fourth-order valence-electron chi connectivity index (χ4n) is 8.81. The van der Waals surface area contributed by atoms with Gasteiger partial charge < -0.3 is 13.9 Å². The first-order chi connectivity index (χ1) is 36.5. The Labute approximate surface area is 399 Å². The Kier molecular flexibility index (Phi) is 8.02. The number of ether oxygens (including phenoxy) is 1. The molecule has 0 aliphatic rings. The second-order valence-corrected chi connectivity index (χ2v) is 17.2. The van der Waals surface area contributed by atoms with Crippen LogP contribution in [0.25, 0.3) is 77.9 Å². The molecule has 0 spiro atoms. The molecule has 4 heterocycles. The molecule has 0 radical (unpaired) electrons. The molecule has 6 heteroatoms. The summed E-state index contributed by atoms with van der Waals surface area (Å²) in [7, 11) is 0. The second kappa shape index (κ2) is 17.1. The van der Waals surface area contributed by atoms with Gasteiger partial charge in [-0.1, -0.05) is 160 Å². The lowest BCUT2D eigenvalue weighted by atomic mass is 9.88. The van der Waals surface area contributed by atoms with E-state index in [0.29, 0.717) is 47.0 Å². The molecule has 11 rings (SSSR count). The molecular weight excluding hydrogens is 807 g/mol. The Morgan fingerprint density at radius 1 is 0.576 bits per heavy atom. The molecule has 0 amide bonds. The minimum absolute atomic E-state index is 0.0400. The fraction of sp³-hybridized carbons (Fsp3) is 0.117. The minimum Gasteiger partial charge on any atom is -0.458 e. The Balaban J connectivity index is 0.945. The summed E-state index contributed by atoms with van der Waals surface area (Å²) in [6, 6.07) is 38.9. The largest absolute Gasteiger partial charge is 0.458 e. The molecule has 66 heavy (non-hydrogen) atoms. The number of pyridine rings is 2. The molecule has 0 atom stereocenters. The van der Waals surface area contributed by atoms with E-state index in [1.54, 1.807) is 24.4 Å². The first kappa shape index (κ1) is 30.9. The van der Waals surface area contributed by atoms with Gasteiger partial charge in [-0.25, -0.2) is 4.98 Å². The van der Waals surface area contributed by atoms with Gasteiger partial charge in [-0.2, -0.15) is 0 Å². The molecule has 6 nitrogen and oxygen atoms in total. The summed E-state index contributed by atoms with van der Waals surface area (Å²) in [5.41, 5.74) is 7.95. The van der Waals surface area contributed by atoms with Gasteiger partial charge in [-0.15, -0.1) is 0 Å². The van der Waals surface area contributed by atoms with Crippen LogP contribution >= 0.6 is 0 Å². The van der Waals surface area contributed by atoms with Gasteiger partial charge in [-0.3, -0.25) is 9.55 Å². The van der Waals surface area contributed by atoms with Crippen molar-refractivity contribution in [3.05, 3.63) is 224 Å². The van der Waals surface area contributed by atoms with Crippen molar-refractivity contribution < 1.29 is 23.0 Å². The summed E-state index contributed by atoms with van der Waals surface area (Å²) in [4.78, 5) is 9.67. The maximum absolute atomic E-state index is 8.88. The van der Waals surface area contributed by atoms with Crippen molar-refractivity contribution in [1.29, 1.82) is 0 Å².